The minimum atomic E-state index is -1.06. The van der Waals surface area contributed by atoms with Gasteiger partial charge in [0.25, 0.3) is 5.91 Å². The molecule has 0 spiro atoms. The molecule has 2 heterocycles. The van der Waals surface area contributed by atoms with Gasteiger partial charge in [0.15, 0.2) is 11.2 Å². The van der Waals surface area contributed by atoms with Crippen molar-refractivity contribution in [2.24, 2.45) is 0 Å². The Hall–Kier alpha value is -4.92. The van der Waals surface area contributed by atoms with Crippen molar-refractivity contribution in [1.29, 1.82) is 0 Å². The Kier molecular flexibility index (Phi) is 7.72. The number of amides is 1. The zero-order valence-electron chi connectivity index (χ0n) is 22.3. The monoisotopic (exact) mass is 590 g/mol. The molecule has 42 heavy (non-hydrogen) atoms. The maximum atomic E-state index is 13.0. The maximum Gasteiger partial charge on any atom is 0.338 e. The van der Waals surface area contributed by atoms with Gasteiger partial charge in [0, 0.05) is 27.1 Å². The van der Waals surface area contributed by atoms with Gasteiger partial charge in [-0.15, -0.1) is 11.3 Å². The third-order valence-electron chi connectivity index (χ3n) is 6.53. The third-order valence-corrected chi connectivity index (χ3v) is 7.62. The SMILES string of the molecule is CC(OC(=O)c1ccc2nc(-c3ccccc3)c(-c3ccccc3)nc2c1)C(=O)Nc1nc(-c2ccccc2Cl)cs1. The second-order valence-corrected chi connectivity index (χ2v) is 10.7. The van der Waals surface area contributed by atoms with Crippen molar-refractivity contribution in [2.45, 2.75) is 13.0 Å². The van der Waals surface area contributed by atoms with Crippen molar-refractivity contribution in [3.63, 3.8) is 0 Å². The number of benzene rings is 4. The van der Waals surface area contributed by atoms with Crippen LogP contribution < -0.4 is 5.32 Å². The van der Waals surface area contributed by atoms with Crippen molar-refractivity contribution in [2.75, 3.05) is 5.32 Å². The lowest BCUT2D eigenvalue weighted by Gasteiger charge is -2.13. The predicted molar refractivity (Wildman–Crippen MR) is 166 cm³/mol. The van der Waals surface area contributed by atoms with Crippen LogP contribution in [0.3, 0.4) is 0 Å². The first-order chi connectivity index (χ1) is 20.5. The molecule has 1 amide bonds. The van der Waals surface area contributed by atoms with Gasteiger partial charge in [-0.2, -0.15) is 0 Å². The summed E-state index contributed by atoms with van der Waals surface area (Å²) in [4.78, 5) is 40.1. The van der Waals surface area contributed by atoms with E-state index in [4.69, 9.17) is 26.3 Å². The first kappa shape index (κ1) is 27.3. The predicted octanol–water partition coefficient (Wildman–Crippen LogP) is 7.92. The highest BCUT2D eigenvalue weighted by Crippen LogP contribution is 2.32. The second-order valence-electron chi connectivity index (χ2n) is 9.41. The fourth-order valence-corrected chi connectivity index (χ4v) is 5.33. The number of esters is 1. The maximum absolute atomic E-state index is 13.0. The van der Waals surface area contributed by atoms with Crippen LogP contribution in [0, 0.1) is 0 Å². The highest BCUT2D eigenvalue weighted by Gasteiger charge is 2.21. The van der Waals surface area contributed by atoms with E-state index in [-0.39, 0.29) is 5.56 Å². The number of aromatic nitrogens is 3. The number of ether oxygens (including phenoxy) is 1. The molecule has 0 saturated heterocycles. The lowest BCUT2D eigenvalue weighted by Crippen LogP contribution is -2.30. The smallest absolute Gasteiger partial charge is 0.338 e. The molecule has 1 N–H and O–H groups in total. The number of fused-ring (bicyclic) bond motifs is 1. The quantitative estimate of drug-likeness (QED) is 0.190. The van der Waals surface area contributed by atoms with E-state index >= 15 is 0 Å². The van der Waals surface area contributed by atoms with Crippen molar-refractivity contribution in [3.8, 4) is 33.8 Å². The summed E-state index contributed by atoms with van der Waals surface area (Å²) in [6.07, 6.45) is -1.06. The number of thiazole rings is 1. The lowest BCUT2D eigenvalue weighted by atomic mass is 10.0. The summed E-state index contributed by atoms with van der Waals surface area (Å²) in [7, 11) is 0. The summed E-state index contributed by atoms with van der Waals surface area (Å²) in [5.74, 6) is -1.14. The van der Waals surface area contributed by atoms with E-state index in [9.17, 15) is 9.59 Å². The fourth-order valence-electron chi connectivity index (χ4n) is 4.39. The van der Waals surface area contributed by atoms with Crippen LogP contribution >= 0.6 is 22.9 Å². The number of anilines is 1. The average molecular weight is 591 g/mol. The summed E-state index contributed by atoms with van der Waals surface area (Å²) >= 11 is 7.52. The highest BCUT2D eigenvalue weighted by atomic mass is 35.5. The molecule has 0 saturated carbocycles. The summed E-state index contributed by atoms with van der Waals surface area (Å²) in [6, 6.07) is 31.9. The van der Waals surface area contributed by atoms with Crippen molar-refractivity contribution in [3.05, 3.63) is 119 Å². The zero-order valence-corrected chi connectivity index (χ0v) is 23.9. The molecular weight excluding hydrogens is 568 g/mol. The molecule has 2 aromatic heterocycles. The molecular formula is C33H23ClN4O3S. The topological polar surface area (TPSA) is 94.1 Å². The van der Waals surface area contributed by atoms with Crippen LogP contribution in [0.15, 0.2) is 109 Å². The van der Waals surface area contributed by atoms with E-state index < -0.39 is 18.0 Å². The molecule has 0 fully saturated rings. The van der Waals surface area contributed by atoms with Crippen molar-refractivity contribution < 1.29 is 14.3 Å². The van der Waals surface area contributed by atoms with Crippen LogP contribution in [-0.2, 0) is 9.53 Å². The lowest BCUT2D eigenvalue weighted by molar-refractivity contribution is -0.123. The minimum Gasteiger partial charge on any atom is -0.449 e. The first-order valence-electron chi connectivity index (χ1n) is 13.1. The molecule has 7 nitrogen and oxygen atoms in total. The molecule has 0 aliphatic heterocycles. The van der Waals surface area contributed by atoms with Gasteiger partial charge in [-0.3, -0.25) is 10.1 Å². The summed E-state index contributed by atoms with van der Waals surface area (Å²) in [5, 5.41) is 5.45. The number of nitrogens with one attached hydrogen (secondary N) is 1. The molecule has 206 valence electrons. The van der Waals surface area contributed by atoms with Crippen LogP contribution in [-0.4, -0.2) is 32.9 Å². The summed E-state index contributed by atoms with van der Waals surface area (Å²) in [5.41, 5.74) is 6.13. The van der Waals surface area contributed by atoms with Crippen LogP contribution in [0.5, 0.6) is 0 Å². The van der Waals surface area contributed by atoms with Gasteiger partial charge in [-0.05, 0) is 31.2 Å². The Balaban J connectivity index is 1.21. The molecule has 1 atom stereocenters. The Bertz CT molecular complexity index is 1910. The Labute approximate surface area is 250 Å². The van der Waals surface area contributed by atoms with Gasteiger partial charge in [-0.1, -0.05) is 90.5 Å². The zero-order chi connectivity index (χ0) is 29.1. The van der Waals surface area contributed by atoms with Crippen LogP contribution in [0.4, 0.5) is 5.13 Å². The van der Waals surface area contributed by atoms with Crippen molar-refractivity contribution in [1.82, 2.24) is 15.0 Å². The van der Waals surface area contributed by atoms with Crippen LogP contribution in [0.2, 0.25) is 5.02 Å². The molecule has 1 unspecified atom stereocenters. The van der Waals surface area contributed by atoms with E-state index in [1.165, 1.54) is 18.3 Å². The largest absolute Gasteiger partial charge is 0.449 e. The second kappa shape index (κ2) is 11.9. The normalized spacial score (nSPS) is 11.7. The molecule has 0 bridgehead atoms. The first-order valence-corrected chi connectivity index (χ1v) is 14.4. The molecule has 9 heteroatoms. The number of hydrogen-bond acceptors (Lipinski definition) is 7. The Morgan fingerprint density at radius 3 is 2.07 bits per heavy atom. The molecule has 0 aliphatic rings. The molecule has 0 aliphatic carbocycles. The standard InChI is InChI=1S/C33H23ClN4O3S/c1-20(31(39)38-33-37-28(19-42-33)24-14-8-9-15-25(24)34)41-32(40)23-16-17-26-27(18-23)36-30(22-12-6-3-7-13-22)29(35-26)21-10-4-2-5-11-21/h2-20H,1H3,(H,37,38,39). The van der Waals surface area contributed by atoms with Gasteiger partial charge in [0.1, 0.15) is 0 Å². The number of hydrogen-bond donors (Lipinski definition) is 1. The van der Waals surface area contributed by atoms with E-state index in [0.717, 1.165) is 22.4 Å². The Morgan fingerprint density at radius 2 is 1.40 bits per heavy atom. The number of halogens is 1. The Morgan fingerprint density at radius 1 is 0.786 bits per heavy atom. The molecule has 6 rings (SSSR count). The van der Waals surface area contributed by atoms with Crippen LogP contribution in [0.25, 0.3) is 44.8 Å². The van der Waals surface area contributed by atoms with Gasteiger partial charge < -0.3 is 4.74 Å². The number of rotatable bonds is 7. The molecule has 4 aromatic carbocycles. The summed E-state index contributed by atoms with van der Waals surface area (Å²) in [6.45, 7) is 1.51. The van der Waals surface area contributed by atoms with Crippen molar-refractivity contribution >= 4 is 51.0 Å². The van der Waals surface area contributed by atoms with E-state index in [0.29, 0.717) is 32.6 Å². The van der Waals surface area contributed by atoms with Gasteiger partial charge in [-0.25, -0.2) is 19.7 Å². The van der Waals surface area contributed by atoms with E-state index in [1.807, 2.05) is 78.9 Å². The van der Waals surface area contributed by atoms with Gasteiger partial charge >= 0.3 is 5.97 Å². The molecule has 0 radical (unpaired) electrons. The van der Waals surface area contributed by atoms with Gasteiger partial charge in [0.2, 0.25) is 0 Å². The number of carbonyl (C=O) groups is 2. The van der Waals surface area contributed by atoms with E-state index in [2.05, 4.69) is 10.3 Å². The van der Waals surface area contributed by atoms with E-state index in [1.54, 1.807) is 29.6 Å². The van der Waals surface area contributed by atoms with Gasteiger partial charge in [0.05, 0.1) is 33.7 Å². The third kappa shape index (κ3) is 5.76. The molecule has 6 aromatic rings. The average Bonchev–Trinajstić information content (AvgIpc) is 3.49. The fraction of sp³-hybridized carbons (Fsp3) is 0.0606. The minimum absolute atomic E-state index is 0.262. The van der Waals surface area contributed by atoms with Crippen LogP contribution in [0.1, 0.15) is 17.3 Å². The summed E-state index contributed by atoms with van der Waals surface area (Å²) < 4.78 is 5.49. The number of nitrogens with zero attached hydrogens (tertiary/aromatic N) is 3. The number of carbonyl (C=O) groups excluding carboxylic acids is 2. The highest BCUT2D eigenvalue weighted by molar-refractivity contribution is 7.14.